The summed E-state index contributed by atoms with van der Waals surface area (Å²) < 4.78 is 1.74. The number of rotatable bonds is 1. The fourth-order valence-electron chi connectivity index (χ4n) is 2.53. The maximum Gasteiger partial charge on any atom is 0.304 e. The summed E-state index contributed by atoms with van der Waals surface area (Å²) in [6.07, 6.45) is 1.53. The quantitative estimate of drug-likeness (QED) is 0.728. The highest BCUT2D eigenvalue weighted by atomic mass is 16.2. The van der Waals surface area contributed by atoms with Gasteiger partial charge in [0.1, 0.15) is 11.2 Å². The molecular formula is C13H17BN6O2. The van der Waals surface area contributed by atoms with E-state index in [0.29, 0.717) is 29.9 Å². The maximum atomic E-state index is 12.2. The lowest BCUT2D eigenvalue weighted by Gasteiger charge is -2.38. The lowest BCUT2D eigenvalue weighted by molar-refractivity contribution is 0.153. The number of nitrogens with one attached hydrogen (secondary N) is 2. The van der Waals surface area contributed by atoms with Gasteiger partial charge in [-0.2, -0.15) is 5.10 Å². The zero-order valence-electron chi connectivity index (χ0n) is 12.8. The van der Waals surface area contributed by atoms with Crippen LogP contribution < -0.4 is 10.8 Å². The van der Waals surface area contributed by atoms with E-state index in [4.69, 9.17) is 7.98 Å². The Labute approximate surface area is 128 Å². The first-order valence-corrected chi connectivity index (χ1v) is 7.05. The van der Waals surface area contributed by atoms with Crippen LogP contribution in [0.15, 0.2) is 11.0 Å². The minimum absolute atomic E-state index is 0.00211. The third kappa shape index (κ3) is 2.26. The van der Waals surface area contributed by atoms with Gasteiger partial charge in [-0.3, -0.25) is 9.59 Å². The Morgan fingerprint density at radius 3 is 2.73 bits per heavy atom. The van der Waals surface area contributed by atoms with Crippen LogP contribution in [0.2, 0.25) is 0 Å². The molecule has 114 valence electrons. The van der Waals surface area contributed by atoms with Crippen LogP contribution in [0.25, 0.3) is 11.0 Å². The average Bonchev–Trinajstić information content (AvgIpc) is 2.81. The summed E-state index contributed by atoms with van der Waals surface area (Å²) in [5, 5.41) is 6.82. The van der Waals surface area contributed by atoms with Crippen LogP contribution in [0.3, 0.4) is 0 Å². The van der Waals surface area contributed by atoms with E-state index in [9.17, 15) is 9.59 Å². The number of hydrogen-bond donors (Lipinski definition) is 2. The predicted molar refractivity (Wildman–Crippen MR) is 81.7 cm³/mol. The summed E-state index contributed by atoms with van der Waals surface area (Å²) in [4.78, 5) is 32.5. The van der Waals surface area contributed by atoms with E-state index >= 15 is 0 Å². The van der Waals surface area contributed by atoms with E-state index < -0.39 is 0 Å². The molecule has 0 atom stereocenters. The maximum absolute atomic E-state index is 12.2. The minimum atomic E-state index is -0.334. The van der Waals surface area contributed by atoms with Crippen molar-refractivity contribution in [1.29, 1.82) is 0 Å². The molecule has 0 aliphatic carbocycles. The van der Waals surface area contributed by atoms with Gasteiger partial charge in [0.05, 0.1) is 17.7 Å². The van der Waals surface area contributed by atoms with Crippen LogP contribution in [0.1, 0.15) is 32.5 Å². The second kappa shape index (κ2) is 4.86. The Hall–Kier alpha value is -2.32. The molecule has 2 aromatic heterocycles. The number of carbonyl (C=O) groups excluding carboxylic acids is 1. The lowest BCUT2D eigenvalue weighted by atomic mass is 9.99. The topological polar surface area (TPSA) is 95.9 Å². The molecule has 2 amide bonds. The van der Waals surface area contributed by atoms with E-state index in [1.807, 2.05) is 20.8 Å². The van der Waals surface area contributed by atoms with Crippen LogP contribution in [0, 0.1) is 0 Å². The highest BCUT2D eigenvalue weighted by Crippen LogP contribution is 2.25. The van der Waals surface area contributed by atoms with Crippen molar-refractivity contribution >= 4 is 25.0 Å². The first-order chi connectivity index (χ1) is 10.3. The second-order valence-electron chi connectivity index (χ2n) is 6.47. The molecule has 0 unspecified atom stereocenters. The van der Waals surface area contributed by atoms with Gasteiger partial charge < -0.3 is 15.1 Å². The average molecular weight is 300 g/mol. The molecule has 0 spiro atoms. The van der Waals surface area contributed by atoms with Crippen LogP contribution in [0.5, 0.6) is 0 Å². The number of amides is 2. The van der Waals surface area contributed by atoms with Gasteiger partial charge in [0.25, 0.3) is 5.56 Å². The van der Waals surface area contributed by atoms with Gasteiger partial charge in [0.15, 0.2) is 5.65 Å². The van der Waals surface area contributed by atoms with Gasteiger partial charge in [-0.05, 0) is 20.8 Å². The predicted octanol–water partition coefficient (Wildman–Crippen LogP) is 0.0669. The summed E-state index contributed by atoms with van der Waals surface area (Å²) in [6.45, 7) is 6.94. The molecular weight excluding hydrogens is 283 g/mol. The number of likely N-dealkylation sites (tertiary alicyclic amines) is 1. The molecule has 1 fully saturated rings. The van der Waals surface area contributed by atoms with E-state index in [1.165, 1.54) is 6.20 Å². The highest BCUT2D eigenvalue weighted by Gasteiger charge is 2.33. The summed E-state index contributed by atoms with van der Waals surface area (Å²) in [5.41, 5.74) is 0.0791. The monoisotopic (exact) mass is 300 g/mol. The van der Waals surface area contributed by atoms with E-state index in [-0.39, 0.29) is 23.0 Å². The molecule has 1 saturated heterocycles. The smallest absolute Gasteiger partial charge is 0.304 e. The normalized spacial score (nSPS) is 15.9. The molecule has 1 aliphatic rings. The van der Waals surface area contributed by atoms with Crippen LogP contribution >= 0.6 is 0 Å². The van der Waals surface area contributed by atoms with Crippen molar-refractivity contribution in [3.63, 3.8) is 0 Å². The summed E-state index contributed by atoms with van der Waals surface area (Å²) >= 11 is 0. The van der Waals surface area contributed by atoms with Crippen molar-refractivity contribution in [2.75, 3.05) is 13.1 Å². The molecule has 3 rings (SSSR count). The zero-order valence-corrected chi connectivity index (χ0v) is 12.8. The van der Waals surface area contributed by atoms with Crippen LogP contribution in [-0.2, 0) is 5.54 Å². The molecule has 9 heteroatoms. The molecule has 2 radical (unpaired) electrons. The van der Waals surface area contributed by atoms with Crippen molar-refractivity contribution in [3.05, 3.63) is 22.4 Å². The van der Waals surface area contributed by atoms with E-state index in [0.717, 1.165) is 0 Å². The van der Waals surface area contributed by atoms with Crippen molar-refractivity contribution in [1.82, 2.24) is 29.9 Å². The molecule has 0 bridgehead atoms. The van der Waals surface area contributed by atoms with Gasteiger partial charge in [0, 0.05) is 13.1 Å². The number of nitrogens with zero attached hydrogens (tertiary/aromatic N) is 4. The molecule has 1 aliphatic heterocycles. The van der Waals surface area contributed by atoms with E-state index in [2.05, 4.69) is 20.3 Å². The number of fused-ring (bicyclic) bond motifs is 1. The fraction of sp³-hybridized carbons (Fsp3) is 0.538. The summed E-state index contributed by atoms with van der Waals surface area (Å²) in [5.74, 6) is 0.572. The SMILES string of the molecule is [B]NC(=O)N1CC(c2nc3c(cnn3C(C)(C)C)c(=O)[nH]2)C1. The van der Waals surface area contributed by atoms with Crippen molar-refractivity contribution < 1.29 is 4.79 Å². The fourth-order valence-corrected chi connectivity index (χ4v) is 2.53. The molecule has 2 N–H and O–H groups in total. The Morgan fingerprint density at radius 2 is 2.14 bits per heavy atom. The number of H-pyrrole nitrogens is 1. The molecule has 3 heterocycles. The first-order valence-electron chi connectivity index (χ1n) is 7.05. The Balaban J connectivity index is 1.96. The lowest BCUT2D eigenvalue weighted by Crippen LogP contribution is -2.52. The highest BCUT2D eigenvalue weighted by molar-refractivity contribution is 6.13. The Morgan fingerprint density at radius 1 is 1.45 bits per heavy atom. The number of aromatic amines is 1. The zero-order chi connectivity index (χ0) is 16.1. The van der Waals surface area contributed by atoms with Crippen molar-refractivity contribution in [2.24, 2.45) is 0 Å². The number of hydrogen-bond acceptors (Lipinski definition) is 4. The second-order valence-corrected chi connectivity index (χ2v) is 6.47. The number of urea groups is 1. The number of aromatic nitrogens is 4. The third-order valence-corrected chi connectivity index (χ3v) is 3.77. The van der Waals surface area contributed by atoms with Gasteiger partial charge in [0.2, 0.25) is 7.98 Å². The van der Waals surface area contributed by atoms with E-state index in [1.54, 1.807) is 9.58 Å². The largest absolute Gasteiger partial charge is 0.391 e. The Kier molecular flexibility index (Phi) is 3.23. The third-order valence-electron chi connectivity index (χ3n) is 3.77. The summed E-state index contributed by atoms with van der Waals surface area (Å²) in [7, 11) is 5.09. The molecule has 22 heavy (non-hydrogen) atoms. The van der Waals surface area contributed by atoms with Crippen LogP contribution in [-0.4, -0.2) is 51.8 Å². The van der Waals surface area contributed by atoms with Gasteiger partial charge in [-0.25, -0.2) is 9.67 Å². The van der Waals surface area contributed by atoms with Gasteiger partial charge >= 0.3 is 6.03 Å². The molecule has 8 nitrogen and oxygen atoms in total. The standard InChI is InChI=1S/C13H17BN6O2/c1-13(2,3)20-10-8(4-15-20)11(21)17-9(16-10)7-5-19(6-7)12(22)18-14/h4,7H,5-6H2,1-3H3,(H,18,22)(H,16,17,21). The van der Waals surface area contributed by atoms with Crippen LogP contribution in [0.4, 0.5) is 4.79 Å². The summed E-state index contributed by atoms with van der Waals surface area (Å²) in [6, 6.07) is -0.334. The minimum Gasteiger partial charge on any atom is -0.391 e. The van der Waals surface area contributed by atoms with Crippen molar-refractivity contribution in [2.45, 2.75) is 32.2 Å². The molecule has 0 saturated carbocycles. The number of carbonyl (C=O) groups is 1. The van der Waals surface area contributed by atoms with Gasteiger partial charge in [-0.15, -0.1) is 0 Å². The molecule has 0 aromatic carbocycles. The molecule has 2 aromatic rings. The Bertz CT molecular complexity index is 784. The first kappa shape index (κ1) is 14.6. The van der Waals surface area contributed by atoms with Crippen molar-refractivity contribution in [3.8, 4) is 0 Å². The van der Waals surface area contributed by atoms with Gasteiger partial charge in [-0.1, -0.05) is 0 Å².